The van der Waals surface area contributed by atoms with Crippen LogP contribution in [0.25, 0.3) is 16.9 Å². The Morgan fingerprint density at radius 1 is 0.317 bits per heavy atom. The molecule has 468 valence electrons. The molecule has 1 heterocycles. The molecule has 1 aliphatic heterocycles. The number of nitrogens with zero attached hydrogens (tertiary/aromatic N) is 2. The zero-order valence-corrected chi connectivity index (χ0v) is 57.3. The fourth-order valence-corrected chi connectivity index (χ4v) is 11.9. The summed E-state index contributed by atoms with van der Waals surface area (Å²) in [5, 5.41) is 0. The number of benzene rings is 2. The fraction of sp³-hybridized carbons (Fsp3) is 0.722. The quantitative estimate of drug-likeness (QED) is 0.0207. The Morgan fingerprint density at radius 3 is 0.915 bits per heavy atom. The van der Waals surface area contributed by atoms with Gasteiger partial charge in [-0.15, -0.1) is 23.7 Å². The van der Waals surface area contributed by atoms with Crippen LogP contribution >= 0.6 is 0 Å². The molecule has 0 saturated heterocycles. The minimum absolute atomic E-state index is 0. The van der Waals surface area contributed by atoms with Crippen LogP contribution in [0.15, 0.2) is 47.5 Å². The van der Waals surface area contributed by atoms with Crippen LogP contribution in [0.1, 0.15) is 378 Å². The van der Waals surface area contributed by atoms with E-state index in [0.29, 0.717) is 0 Å². The normalized spacial score (nSPS) is 11.9. The molecule has 1 aliphatic rings. The van der Waals surface area contributed by atoms with Gasteiger partial charge in [-0.2, -0.15) is 13.8 Å². The molecule has 82 heavy (non-hydrogen) atoms. The first-order chi connectivity index (χ1) is 40.0. The van der Waals surface area contributed by atoms with Gasteiger partial charge in [-0.1, -0.05) is 284 Å². The van der Waals surface area contributed by atoms with Crippen LogP contribution in [-0.4, -0.2) is 4.70 Å². The van der Waals surface area contributed by atoms with Crippen molar-refractivity contribution in [1.29, 1.82) is 0 Å². The summed E-state index contributed by atoms with van der Waals surface area (Å²) in [7, 11) is 0. The summed E-state index contributed by atoms with van der Waals surface area (Å²) in [6, 6.07) is 14.5. The van der Waals surface area contributed by atoms with Crippen molar-refractivity contribution in [2.45, 2.75) is 370 Å². The van der Waals surface area contributed by atoms with Gasteiger partial charge < -0.3 is 19.4 Å². The van der Waals surface area contributed by atoms with Crippen molar-refractivity contribution in [2.24, 2.45) is 0 Å². The maximum absolute atomic E-state index is 13.0. The fourth-order valence-electron chi connectivity index (χ4n) is 11.9. The molecule has 0 unspecified atom stereocenters. The molecular weight excluding hydrogens is 1080 g/mol. The molecule has 0 saturated carbocycles. The van der Waals surface area contributed by atoms with E-state index in [1.165, 1.54) is 289 Å². The number of aryl methyl sites for hydroxylation is 4. The zero-order chi connectivity index (χ0) is 59.1. The maximum atomic E-state index is 13.0. The Kier molecular flexibility index (Phi) is 56.7. The third-order valence-corrected chi connectivity index (χ3v) is 16.8. The van der Waals surface area contributed by atoms with Gasteiger partial charge in [0.05, 0.1) is 0 Å². The summed E-state index contributed by atoms with van der Waals surface area (Å²) in [6.07, 6.45) is 62.1. The van der Waals surface area contributed by atoms with Gasteiger partial charge in [0, 0.05) is 48.0 Å². The summed E-state index contributed by atoms with van der Waals surface area (Å²) in [5.74, 6) is 14.4. The molecule has 0 atom stereocenters. The average Bonchev–Trinajstić information content (AvgIpc) is 4.03. The Labute approximate surface area is 527 Å². The summed E-state index contributed by atoms with van der Waals surface area (Å²) in [6.45, 7) is 23.8. The van der Waals surface area contributed by atoms with Crippen LogP contribution < -0.4 is 0 Å². The van der Waals surface area contributed by atoms with E-state index in [-0.39, 0.29) is 20.4 Å². The molecule has 0 spiro atoms. The number of unbranched alkanes of at least 4 members (excludes halogenated alkanes) is 36. The first-order valence-electron chi connectivity index (χ1n) is 35.6. The van der Waals surface area contributed by atoms with Gasteiger partial charge in [0.25, 0.3) is 0 Å². The van der Waals surface area contributed by atoms with Gasteiger partial charge in [-0.25, -0.2) is 4.70 Å². The van der Waals surface area contributed by atoms with Crippen molar-refractivity contribution >= 4 is 11.4 Å². The molecule has 0 aliphatic carbocycles. The van der Waals surface area contributed by atoms with E-state index in [2.05, 4.69) is 115 Å². The second kappa shape index (κ2) is 58.7. The summed E-state index contributed by atoms with van der Waals surface area (Å²) in [5.41, 5.74) is 25.7. The molecule has 0 N–H and O–H groups in total. The van der Waals surface area contributed by atoms with E-state index in [0.717, 1.165) is 82.0 Å². The summed E-state index contributed by atoms with van der Waals surface area (Å²) < 4.78 is 1.68. The van der Waals surface area contributed by atoms with Crippen molar-refractivity contribution < 1.29 is 25.1 Å². The molecule has 3 heteroatoms. The molecule has 2 aromatic carbocycles. The molecule has 0 fully saturated rings. The minimum Gasteiger partial charge on any atom is -0.493 e. The van der Waals surface area contributed by atoms with Gasteiger partial charge >= 0.3 is 20.4 Å². The van der Waals surface area contributed by atoms with E-state index < -0.39 is 0 Å². The van der Waals surface area contributed by atoms with Crippen LogP contribution in [0.5, 0.6) is 0 Å². The predicted octanol–water partition coefficient (Wildman–Crippen LogP) is 26.4. The maximum Gasteiger partial charge on any atom is 2.00 e. The molecule has 2 nitrogen and oxygen atoms in total. The largest absolute Gasteiger partial charge is 2.00 e. The Hall–Kier alpha value is -2.70. The number of rotatable bonds is 49. The molecule has 0 radical (unpaired) electrons. The minimum atomic E-state index is 0. The molecule has 3 rings (SSSR count). The van der Waals surface area contributed by atoms with Gasteiger partial charge in [0.2, 0.25) is 11.4 Å². The third-order valence-electron chi connectivity index (χ3n) is 16.8. The standard InChI is InChI=1S/C75H122N2.2C2H5.Pd/c1-7-13-18-22-24-26-28-30-32-34-36-38-40-42-44-46-48-53-57-68-62-60-66(55-51-20-15-9-3)64-72(68)74-70(12-6)71(59-50-17-11-5)75(77(74)76)73-65-67(56-52-21-16-10-4)61-63-69(73)58-54-49-47-45-43-41-39-37-35-33-31-29-27-25-23-19-14-8-2;2*1-2;/h60-65H,7-45,50-59H2,1-6H3;2*1H2,2H3;/q;2*-1;+2. The summed E-state index contributed by atoms with van der Waals surface area (Å²) in [4.78, 5) is 0. The zero-order valence-electron chi connectivity index (χ0n) is 55.7. The van der Waals surface area contributed by atoms with Crippen LogP contribution in [0.2, 0.25) is 0 Å². The number of allylic oxidation sites excluding steroid dienone is 2. The first-order valence-corrected chi connectivity index (χ1v) is 35.6. The van der Waals surface area contributed by atoms with E-state index in [1.807, 2.05) is 0 Å². The second-order valence-electron chi connectivity index (χ2n) is 23.8. The van der Waals surface area contributed by atoms with Crippen LogP contribution in [0.4, 0.5) is 0 Å². The number of hydrogen-bond acceptors (Lipinski definition) is 0. The molecule has 0 amide bonds. The van der Waals surface area contributed by atoms with Crippen LogP contribution in [-0.2, 0) is 46.1 Å². The Balaban J connectivity index is 0.0000128. The van der Waals surface area contributed by atoms with E-state index in [4.69, 9.17) is 0 Å². The van der Waals surface area contributed by atoms with Gasteiger partial charge in [0.15, 0.2) is 0 Å². The van der Waals surface area contributed by atoms with E-state index >= 15 is 0 Å². The molecule has 2 aromatic rings. The van der Waals surface area contributed by atoms with Crippen LogP contribution in [0, 0.1) is 37.5 Å². The van der Waals surface area contributed by atoms with Crippen molar-refractivity contribution in [3.05, 3.63) is 100 Å². The van der Waals surface area contributed by atoms with Crippen molar-refractivity contribution in [2.75, 3.05) is 0 Å². The van der Waals surface area contributed by atoms with Crippen molar-refractivity contribution in [3.63, 3.8) is 0 Å². The SMILES string of the molecule is CCCCCCCCCCCCCCCCC#CCCc1ccc(CCCCCC)cc1C1=C(CC)C(CCCCC)=C(c2cc(CCCCCC)ccc2CCC#CCCCCCCCCCCCCCCCC)[N+]1=[N-].[CH2-]C.[CH2-]C.[Pd+2]. The Bertz CT molecular complexity index is 2010. The summed E-state index contributed by atoms with van der Waals surface area (Å²) >= 11 is 0. The second-order valence-corrected chi connectivity index (χ2v) is 23.8. The Morgan fingerprint density at radius 2 is 0.585 bits per heavy atom. The first kappa shape index (κ1) is 79.3. The molecular formula is C79H132N2Pd. The van der Waals surface area contributed by atoms with Gasteiger partial charge in [-0.3, -0.25) is 0 Å². The van der Waals surface area contributed by atoms with Crippen molar-refractivity contribution in [1.82, 2.24) is 0 Å². The third kappa shape index (κ3) is 37.0. The number of hydrogen-bond donors (Lipinski definition) is 0. The smallest absolute Gasteiger partial charge is 0.493 e. The molecule has 0 bridgehead atoms. The van der Waals surface area contributed by atoms with Crippen LogP contribution in [0.3, 0.4) is 0 Å². The monoisotopic (exact) mass is 1210 g/mol. The topological polar surface area (TPSA) is 25.3 Å². The van der Waals surface area contributed by atoms with Gasteiger partial charge in [0.1, 0.15) is 0 Å². The predicted molar refractivity (Wildman–Crippen MR) is 365 cm³/mol. The van der Waals surface area contributed by atoms with Gasteiger partial charge in [-0.05, 0) is 105 Å². The van der Waals surface area contributed by atoms with Crippen molar-refractivity contribution in [3.8, 4) is 23.7 Å². The van der Waals surface area contributed by atoms with E-state index in [1.54, 1.807) is 18.5 Å². The molecule has 0 aromatic heterocycles. The van der Waals surface area contributed by atoms with E-state index in [9.17, 15) is 5.53 Å². The average molecular weight is 1220 g/mol.